The third kappa shape index (κ3) is 2.05. The van der Waals surface area contributed by atoms with Crippen molar-refractivity contribution in [3.05, 3.63) is 0 Å². The average Bonchev–Trinajstić information content (AvgIpc) is 2.05. The molecule has 0 bridgehead atoms. The van der Waals surface area contributed by atoms with Crippen molar-refractivity contribution in [2.45, 2.75) is 46.0 Å². The van der Waals surface area contributed by atoms with E-state index in [4.69, 9.17) is 0 Å². The van der Waals surface area contributed by atoms with Crippen molar-refractivity contribution in [3.63, 3.8) is 0 Å². The van der Waals surface area contributed by atoms with E-state index in [1.165, 1.54) is 6.42 Å². The molecule has 0 N–H and O–H groups in total. The zero-order valence-corrected chi connectivity index (χ0v) is 7.60. The van der Waals surface area contributed by atoms with Crippen LogP contribution in [0.2, 0.25) is 0 Å². The van der Waals surface area contributed by atoms with Crippen LogP contribution in [-0.2, 0) is 4.79 Å². The lowest BCUT2D eigenvalue weighted by molar-refractivity contribution is -0.125. The summed E-state index contributed by atoms with van der Waals surface area (Å²) in [6, 6.07) is 0. The van der Waals surface area contributed by atoms with Crippen LogP contribution in [0.4, 0.5) is 0 Å². The van der Waals surface area contributed by atoms with Gasteiger partial charge in [0.1, 0.15) is 5.78 Å². The van der Waals surface area contributed by atoms with Crippen LogP contribution in [0.15, 0.2) is 0 Å². The van der Waals surface area contributed by atoms with Crippen molar-refractivity contribution >= 4 is 5.78 Å². The molecule has 11 heavy (non-hydrogen) atoms. The zero-order valence-electron chi connectivity index (χ0n) is 7.60. The molecule has 0 spiro atoms. The summed E-state index contributed by atoms with van der Waals surface area (Å²) in [7, 11) is 0. The normalized spacial score (nSPS) is 32.4. The molecule has 1 aliphatic carbocycles. The minimum atomic E-state index is 0.397. The predicted molar refractivity (Wildman–Crippen MR) is 46.4 cm³/mol. The van der Waals surface area contributed by atoms with Gasteiger partial charge in [-0.25, -0.2) is 0 Å². The molecular weight excluding hydrogens is 136 g/mol. The molecular formula is C10H18O. The summed E-state index contributed by atoms with van der Waals surface area (Å²) in [6.45, 7) is 4.35. The van der Waals surface area contributed by atoms with Crippen LogP contribution in [0, 0.1) is 11.8 Å². The zero-order chi connectivity index (χ0) is 8.27. The van der Waals surface area contributed by atoms with Crippen molar-refractivity contribution in [1.29, 1.82) is 0 Å². The summed E-state index contributed by atoms with van der Waals surface area (Å²) in [5.74, 6) is 1.74. The van der Waals surface area contributed by atoms with Crippen molar-refractivity contribution in [2.75, 3.05) is 0 Å². The molecule has 1 saturated carbocycles. The highest BCUT2D eigenvalue weighted by atomic mass is 16.1. The SMILES string of the molecule is CCC1CCC(=O)C(CC)C1. The molecule has 0 saturated heterocycles. The van der Waals surface area contributed by atoms with Gasteiger partial charge in [0.05, 0.1) is 0 Å². The monoisotopic (exact) mass is 154 g/mol. The number of carbonyl (C=O) groups is 1. The van der Waals surface area contributed by atoms with Crippen molar-refractivity contribution in [3.8, 4) is 0 Å². The second kappa shape index (κ2) is 3.89. The van der Waals surface area contributed by atoms with Gasteiger partial charge in [-0.05, 0) is 25.2 Å². The topological polar surface area (TPSA) is 17.1 Å². The molecule has 1 fully saturated rings. The van der Waals surface area contributed by atoms with Gasteiger partial charge in [-0.3, -0.25) is 4.79 Å². The Morgan fingerprint density at radius 1 is 1.36 bits per heavy atom. The molecule has 64 valence electrons. The fourth-order valence-corrected chi connectivity index (χ4v) is 1.97. The van der Waals surface area contributed by atoms with E-state index in [0.29, 0.717) is 11.7 Å². The van der Waals surface area contributed by atoms with Gasteiger partial charge in [-0.1, -0.05) is 20.3 Å². The Bertz CT molecular complexity index is 140. The maximum absolute atomic E-state index is 11.3. The van der Waals surface area contributed by atoms with Crippen molar-refractivity contribution in [1.82, 2.24) is 0 Å². The lowest BCUT2D eigenvalue weighted by Gasteiger charge is -2.26. The van der Waals surface area contributed by atoms with Gasteiger partial charge in [0.2, 0.25) is 0 Å². The molecule has 1 aliphatic rings. The standard InChI is InChI=1S/C10H18O/c1-3-8-5-6-10(11)9(4-2)7-8/h8-9H,3-7H2,1-2H3. The van der Waals surface area contributed by atoms with E-state index in [1.807, 2.05) is 0 Å². The van der Waals surface area contributed by atoms with E-state index in [0.717, 1.165) is 31.6 Å². The van der Waals surface area contributed by atoms with E-state index in [-0.39, 0.29) is 0 Å². The van der Waals surface area contributed by atoms with Crippen molar-refractivity contribution in [2.24, 2.45) is 11.8 Å². The smallest absolute Gasteiger partial charge is 0.135 e. The molecule has 0 aliphatic heterocycles. The van der Waals surface area contributed by atoms with Gasteiger partial charge in [0.25, 0.3) is 0 Å². The average molecular weight is 154 g/mol. The van der Waals surface area contributed by atoms with Crippen LogP contribution < -0.4 is 0 Å². The van der Waals surface area contributed by atoms with Crippen LogP contribution >= 0.6 is 0 Å². The van der Waals surface area contributed by atoms with Gasteiger partial charge >= 0.3 is 0 Å². The van der Waals surface area contributed by atoms with Crippen LogP contribution in [0.1, 0.15) is 46.0 Å². The maximum atomic E-state index is 11.3. The molecule has 0 aromatic carbocycles. The number of Topliss-reactive ketones (excluding diaryl/α,β-unsaturated/α-hetero) is 1. The Balaban J connectivity index is 2.44. The molecule has 1 rings (SSSR count). The predicted octanol–water partition coefficient (Wildman–Crippen LogP) is 2.79. The van der Waals surface area contributed by atoms with Gasteiger partial charge in [-0.2, -0.15) is 0 Å². The fourth-order valence-electron chi connectivity index (χ4n) is 1.97. The molecule has 1 heteroatoms. The minimum absolute atomic E-state index is 0.397. The second-order valence-corrected chi connectivity index (χ2v) is 3.62. The molecule has 2 unspecified atom stereocenters. The summed E-state index contributed by atoms with van der Waals surface area (Å²) < 4.78 is 0. The third-order valence-corrected chi connectivity index (χ3v) is 2.94. The van der Waals surface area contributed by atoms with E-state index >= 15 is 0 Å². The molecule has 0 amide bonds. The molecule has 0 heterocycles. The van der Waals surface area contributed by atoms with Crippen LogP contribution in [0.5, 0.6) is 0 Å². The molecule has 0 radical (unpaired) electrons. The third-order valence-electron chi connectivity index (χ3n) is 2.94. The Morgan fingerprint density at radius 2 is 2.09 bits per heavy atom. The number of ketones is 1. The quantitative estimate of drug-likeness (QED) is 0.597. The lowest BCUT2D eigenvalue weighted by atomic mass is 9.78. The summed E-state index contributed by atoms with van der Waals surface area (Å²) in [5, 5.41) is 0. The first-order valence-electron chi connectivity index (χ1n) is 4.80. The number of hydrogen-bond donors (Lipinski definition) is 0. The first-order chi connectivity index (χ1) is 5.27. The summed E-state index contributed by atoms with van der Waals surface area (Å²) in [5.41, 5.74) is 0. The molecule has 0 aromatic heterocycles. The van der Waals surface area contributed by atoms with Gasteiger partial charge < -0.3 is 0 Å². The lowest BCUT2D eigenvalue weighted by Crippen LogP contribution is -2.23. The summed E-state index contributed by atoms with van der Waals surface area (Å²) in [4.78, 5) is 11.3. The summed E-state index contributed by atoms with van der Waals surface area (Å²) >= 11 is 0. The minimum Gasteiger partial charge on any atom is -0.299 e. The van der Waals surface area contributed by atoms with Crippen LogP contribution in [0.3, 0.4) is 0 Å². The second-order valence-electron chi connectivity index (χ2n) is 3.62. The van der Waals surface area contributed by atoms with Gasteiger partial charge in [0.15, 0.2) is 0 Å². The van der Waals surface area contributed by atoms with Crippen LogP contribution in [-0.4, -0.2) is 5.78 Å². The highest BCUT2D eigenvalue weighted by Gasteiger charge is 2.25. The number of hydrogen-bond acceptors (Lipinski definition) is 1. The highest BCUT2D eigenvalue weighted by Crippen LogP contribution is 2.30. The van der Waals surface area contributed by atoms with E-state index in [1.54, 1.807) is 0 Å². The first-order valence-corrected chi connectivity index (χ1v) is 4.80. The Kier molecular flexibility index (Phi) is 3.10. The molecule has 1 nitrogen and oxygen atoms in total. The van der Waals surface area contributed by atoms with Gasteiger partial charge in [-0.15, -0.1) is 0 Å². The van der Waals surface area contributed by atoms with Crippen molar-refractivity contribution < 1.29 is 4.79 Å². The Labute approximate surface area is 69.2 Å². The highest BCUT2D eigenvalue weighted by molar-refractivity contribution is 5.81. The van der Waals surface area contributed by atoms with Crippen LogP contribution in [0.25, 0.3) is 0 Å². The van der Waals surface area contributed by atoms with Gasteiger partial charge in [0, 0.05) is 12.3 Å². The molecule has 2 atom stereocenters. The van der Waals surface area contributed by atoms with E-state index < -0.39 is 0 Å². The van der Waals surface area contributed by atoms with E-state index in [2.05, 4.69) is 13.8 Å². The largest absolute Gasteiger partial charge is 0.299 e. The Morgan fingerprint density at radius 3 is 2.64 bits per heavy atom. The number of carbonyl (C=O) groups excluding carboxylic acids is 1. The maximum Gasteiger partial charge on any atom is 0.135 e. The van der Waals surface area contributed by atoms with E-state index in [9.17, 15) is 4.79 Å². The number of rotatable bonds is 2. The molecule has 0 aromatic rings. The fraction of sp³-hybridized carbons (Fsp3) is 0.900. The first kappa shape index (κ1) is 8.76. The Hall–Kier alpha value is -0.330. The summed E-state index contributed by atoms with van der Waals surface area (Å²) in [6.07, 6.45) is 5.45.